The zero-order valence-electron chi connectivity index (χ0n) is 9.10. The maximum absolute atomic E-state index is 5.65. The van der Waals surface area contributed by atoms with Gasteiger partial charge in [0.15, 0.2) is 0 Å². The van der Waals surface area contributed by atoms with Crippen LogP contribution in [0.25, 0.3) is 5.69 Å². The second kappa shape index (κ2) is 4.80. The Balaban J connectivity index is 2.37. The SMILES string of the molecule is CC(CN)c1ccc(-n2cccn2)c(Br)c1. The van der Waals surface area contributed by atoms with Gasteiger partial charge in [-0.05, 0) is 52.2 Å². The first-order valence-corrected chi connectivity index (χ1v) is 6.01. The topological polar surface area (TPSA) is 43.8 Å². The summed E-state index contributed by atoms with van der Waals surface area (Å²) in [4.78, 5) is 0. The first kappa shape index (κ1) is 11.4. The van der Waals surface area contributed by atoms with Crippen molar-refractivity contribution in [3.8, 4) is 5.69 Å². The van der Waals surface area contributed by atoms with Gasteiger partial charge in [0.2, 0.25) is 0 Å². The van der Waals surface area contributed by atoms with Crippen LogP contribution in [0.3, 0.4) is 0 Å². The number of halogens is 1. The lowest BCUT2D eigenvalue weighted by molar-refractivity contribution is 0.771. The standard InChI is InChI=1S/C12H14BrN3/c1-9(8-14)10-3-4-12(11(13)7-10)16-6-2-5-15-16/h2-7,9H,8,14H2,1H3. The summed E-state index contributed by atoms with van der Waals surface area (Å²) in [5.74, 6) is 0.378. The van der Waals surface area contributed by atoms with Crippen LogP contribution in [-0.4, -0.2) is 16.3 Å². The van der Waals surface area contributed by atoms with Crippen LogP contribution in [-0.2, 0) is 0 Å². The van der Waals surface area contributed by atoms with Gasteiger partial charge in [0.25, 0.3) is 0 Å². The molecule has 0 bridgehead atoms. The highest BCUT2D eigenvalue weighted by Gasteiger charge is 2.07. The fourth-order valence-corrected chi connectivity index (χ4v) is 2.14. The van der Waals surface area contributed by atoms with E-state index in [1.54, 1.807) is 6.20 Å². The van der Waals surface area contributed by atoms with Crippen LogP contribution in [0.4, 0.5) is 0 Å². The predicted octanol–water partition coefficient (Wildman–Crippen LogP) is 2.70. The molecule has 2 aromatic rings. The van der Waals surface area contributed by atoms with Crippen molar-refractivity contribution < 1.29 is 0 Å². The van der Waals surface area contributed by atoms with Gasteiger partial charge in [0, 0.05) is 16.9 Å². The van der Waals surface area contributed by atoms with Gasteiger partial charge in [-0.3, -0.25) is 0 Å². The molecule has 3 nitrogen and oxygen atoms in total. The van der Waals surface area contributed by atoms with Crippen molar-refractivity contribution in [1.29, 1.82) is 0 Å². The van der Waals surface area contributed by atoms with Gasteiger partial charge in [0.1, 0.15) is 0 Å². The Bertz CT molecular complexity index is 465. The minimum absolute atomic E-state index is 0.378. The molecular formula is C12H14BrN3. The second-order valence-corrected chi connectivity index (χ2v) is 4.65. The molecule has 0 aliphatic carbocycles. The smallest absolute Gasteiger partial charge is 0.0787 e. The maximum atomic E-state index is 5.65. The van der Waals surface area contributed by atoms with E-state index in [-0.39, 0.29) is 0 Å². The molecule has 0 fully saturated rings. The minimum Gasteiger partial charge on any atom is -0.330 e. The molecule has 1 aromatic heterocycles. The quantitative estimate of drug-likeness (QED) is 0.939. The summed E-state index contributed by atoms with van der Waals surface area (Å²) < 4.78 is 2.87. The Morgan fingerprint density at radius 3 is 2.88 bits per heavy atom. The van der Waals surface area contributed by atoms with E-state index in [4.69, 9.17) is 5.73 Å². The van der Waals surface area contributed by atoms with Crippen LogP contribution in [0.2, 0.25) is 0 Å². The summed E-state index contributed by atoms with van der Waals surface area (Å²) in [6.07, 6.45) is 3.69. The van der Waals surface area contributed by atoms with Crippen LogP contribution in [0, 0.1) is 0 Å². The normalized spacial score (nSPS) is 12.7. The molecule has 84 valence electrons. The molecule has 2 rings (SSSR count). The Labute approximate surface area is 103 Å². The van der Waals surface area contributed by atoms with Crippen molar-refractivity contribution in [3.63, 3.8) is 0 Å². The molecule has 0 spiro atoms. The summed E-state index contributed by atoms with van der Waals surface area (Å²) in [7, 11) is 0. The van der Waals surface area contributed by atoms with Gasteiger partial charge in [-0.25, -0.2) is 4.68 Å². The number of nitrogens with two attached hydrogens (primary N) is 1. The molecule has 2 N–H and O–H groups in total. The van der Waals surface area contributed by atoms with Crippen LogP contribution in [0.1, 0.15) is 18.4 Å². The van der Waals surface area contributed by atoms with E-state index < -0.39 is 0 Å². The molecule has 0 saturated heterocycles. The molecular weight excluding hydrogens is 266 g/mol. The van der Waals surface area contributed by atoms with Crippen LogP contribution >= 0.6 is 15.9 Å². The molecule has 0 aliphatic heterocycles. The van der Waals surface area contributed by atoms with E-state index in [9.17, 15) is 0 Å². The Kier molecular flexibility index (Phi) is 3.41. The van der Waals surface area contributed by atoms with Crippen molar-refractivity contribution >= 4 is 15.9 Å². The Hall–Kier alpha value is -1.13. The van der Waals surface area contributed by atoms with Gasteiger partial charge in [-0.1, -0.05) is 13.0 Å². The average Bonchev–Trinajstić information content (AvgIpc) is 2.81. The maximum Gasteiger partial charge on any atom is 0.0787 e. The van der Waals surface area contributed by atoms with Gasteiger partial charge in [-0.2, -0.15) is 5.10 Å². The number of hydrogen-bond acceptors (Lipinski definition) is 2. The van der Waals surface area contributed by atoms with E-state index in [0.717, 1.165) is 10.2 Å². The highest BCUT2D eigenvalue weighted by Crippen LogP contribution is 2.25. The third kappa shape index (κ3) is 2.18. The molecule has 0 radical (unpaired) electrons. The van der Waals surface area contributed by atoms with Gasteiger partial charge in [-0.15, -0.1) is 0 Å². The molecule has 1 atom stereocenters. The third-order valence-electron chi connectivity index (χ3n) is 2.65. The molecule has 0 aliphatic rings. The summed E-state index contributed by atoms with van der Waals surface area (Å²) in [6.45, 7) is 2.78. The average molecular weight is 280 g/mol. The van der Waals surface area contributed by atoms with E-state index in [2.05, 4.69) is 46.2 Å². The molecule has 1 heterocycles. The lowest BCUT2D eigenvalue weighted by Crippen LogP contribution is -2.09. The van der Waals surface area contributed by atoms with Crippen molar-refractivity contribution in [2.45, 2.75) is 12.8 Å². The first-order chi connectivity index (χ1) is 7.72. The molecule has 1 aromatic carbocycles. The van der Waals surface area contributed by atoms with Crippen molar-refractivity contribution in [2.75, 3.05) is 6.54 Å². The third-order valence-corrected chi connectivity index (χ3v) is 3.28. The van der Waals surface area contributed by atoms with E-state index in [1.165, 1.54) is 5.56 Å². The number of hydrogen-bond donors (Lipinski definition) is 1. The van der Waals surface area contributed by atoms with Gasteiger partial charge >= 0.3 is 0 Å². The number of aromatic nitrogens is 2. The molecule has 1 unspecified atom stereocenters. The zero-order chi connectivity index (χ0) is 11.5. The highest BCUT2D eigenvalue weighted by molar-refractivity contribution is 9.10. The number of rotatable bonds is 3. The first-order valence-electron chi connectivity index (χ1n) is 5.22. The predicted molar refractivity (Wildman–Crippen MR) is 68.7 cm³/mol. The van der Waals surface area contributed by atoms with Crippen molar-refractivity contribution in [2.24, 2.45) is 5.73 Å². The number of benzene rings is 1. The zero-order valence-corrected chi connectivity index (χ0v) is 10.7. The summed E-state index contributed by atoms with van der Waals surface area (Å²) >= 11 is 3.56. The molecule has 0 amide bonds. The largest absolute Gasteiger partial charge is 0.330 e. The summed E-state index contributed by atoms with van der Waals surface area (Å²) in [6, 6.07) is 8.16. The summed E-state index contributed by atoms with van der Waals surface area (Å²) in [5, 5.41) is 4.20. The van der Waals surface area contributed by atoms with Gasteiger partial charge in [0.05, 0.1) is 5.69 Å². The van der Waals surface area contributed by atoms with E-state index in [0.29, 0.717) is 12.5 Å². The van der Waals surface area contributed by atoms with E-state index in [1.807, 2.05) is 16.9 Å². The summed E-state index contributed by atoms with van der Waals surface area (Å²) in [5.41, 5.74) is 7.93. The van der Waals surface area contributed by atoms with E-state index >= 15 is 0 Å². The van der Waals surface area contributed by atoms with Crippen LogP contribution in [0.15, 0.2) is 41.1 Å². The van der Waals surface area contributed by atoms with Crippen molar-refractivity contribution in [3.05, 3.63) is 46.7 Å². The molecule has 16 heavy (non-hydrogen) atoms. The fraction of sp³-hybridized carbons (Fsp3) is 0.250. The van der Waals surface area contributed by atoms with Crippen LogP contribution in [0.5, 0.6) is 0 Å². The fourth-order valence-electron chi connectivity index (χ4n) is 1.56. The Morgan fingerprint density at radius 2 is 2.31 bits per heavy atom. The lowest BCUT2D eigenvalue weighted by atomic mass is 10.0. The molecule has 0 saturated carbocycles. The number of nitrogens with zero attached hydrogens (tertiary/aromatic N) is 2. The highest BCUT2D eigenvalue weighted by atomic mass is 79.9. The monoisotopic (exact) mass is 279 g/mol. The second-order valence-electron chi connectivity index (χ2n) is 3.80. The molecule has 4 heteroatoms. The van der Waals surface area contributed by atoms with Crippen LogP contribution < -0.4 is 5.73 Å². The Morgan fingerprint density at radius 1 is 1.50 bits per heavy atom. The lowest BCUT2D eigenvalue weighted by Gasteiger charge is -2.11. The van der Waals surface area contributed by atoms with Crippen molar-refractivity contribution in [1.82, 2.24) is 9.78 Å². The van der Waals surface area contributed by atoms with Gasteiger partial charge < -0.3 is 5.73 Å². The minimum atomic E-state index is 0.378.